The van der Waals surface area contributed by atoms with Crippen LogP contribution < -0.4 is 0 Å². The van der Waals surface area contributed by atoms with Gasteiger partial charge in [0.2, 0.25) is 0 Å². The van der Waals surface area contributed by atoms with Gasteiger partial charge in [-0.05, 0) is 104 Å². The van der Waals surface area contributed by atoms with Crippen LogP contribution in [0.5, 0.6) is 0 Å². The van der Waals surface area contributed by atoms with Crippen molar-refractivity contribution in [3.8, 4) is 0 Å². The summed E-state index contributed by atoms with van der Waals surface area (Å²) in [5.41, 5.74) is 0.151. The van der Waals surface area contributed by atoms with Crippen LogP contribution in [0.25, 0.3) is 0 Å². The van der Waals surface area contributed by atoms with Crippen LogP contribution in [0.3, 0.4) is 0 Å². The van der Waals surface area contributed by atoms with Gasteiger partial charge < -0.3 is 19.7 Å². The molecule has 4 aliphatic carbocycles. The SMILES string of the molecule is C=CC(=O)OCCOC(=O)CC[C@@H](C)[C@H]1CC[C@H]2[C@@H]3CC[C@@H]4C[C@H](O)CC[C@]4(C)[C@H]3C[C@H](O)[C@]12C. The van der Waals surface area contributed by atoms with Crippen LogP contribution in [0.4, 0.5) is 0 Å². The van der Waals surface area contributed by atoms with E-state index >= 15 is 0 Å². The molecule has 0 bridgehead atoms. The Morgan fingerprint density at radius 1 is 1.03 bits per heavy atom. The Bertz CT molecular complexity index is 796. The number of carbonyl (C=O) groups is 2. The van der Waals surface area contributed by atoms with E-state index < -0.39 is 5.97 Å². The number of aliphatic hydroxyl groups excluding tert-OH is 2. The van der Waals surface area contributed by atoms with E-state index in [2.05, 4.69) is 27.4 Å². The maximum Gasteiger partial charge on any atom is 0.330 e. The van der Waals surface area contributed by atoms with Gasteiger partial charge in [-0.15, -0.1) is 0 Å². The van der Waals surface area contributed by atoms with Crippen LogP contribution in [-0.2, 0) is 19.1 Å². The van der Waals surface area contributed by atoms with E-state index in [0.717, 1.165) is 44.6 Å². The molecule has 4 fully saturated rings. The molecule has 0 heterocycles. The molecule has 4 rings (SSSR count). The van der Waals surface area contributed by atoms with Crippen LogP contribution in [0.1, 0.15) is 85.0 Å². The molecule has 198 valence electrons. The highest BCUT2D eigenvalue weighted by atomic mass is 16.6. The fraction of sp³-hybridized carbons (Fsp3) is 0.862. The fourth-order valence-electron chi connectivity index (χ4n) is 9.14. The molecule has 4 saturated carbocycles. The van der Waals surface area contributed by atoms with Gasteiger partial charge in [0.25, 0.3) is 0 Å². The van der Waals surface area contributed by atoms with Crippen molar-refractivity contribution in [2.45, 2.75) is 97.2 Å². The number of hydrogen-bond acceptors (Lipinski definition) is 6. The van der Waals surface area contributed by atoms with E-state index in [9.17, 15) is 19.8 Å². The number of aliphatic hydroxyl groups is 2. The minimum atomic E-state index is -0.518. The highest BCUT2D eigenvalue weighted by Gasteiger charge is 2.63. The number of fused-ring (bicyclic) bond motifs is 5. The summed E-state index contributed by atoms with van der Waals surface area (Å²) in [5.74, 6) is 2.31. The second-order valence-electron chi connectivity index (χ2n) is 12.5. The summed E-state index contributed by atoms with van der Waals surface area (Å²) in [6, 6.07) is 0. The average Bonchev–Trinajstić information content (AvgIpc) is 3.20. The van der Waals surface area contributed by atoms with Crippen molar-refractivity contribution in [1.82, 2.24) is 0 Å². The maximum absolute atomic E-state index is 12.2. The largest absolute Gasteiger partial charge is 0.462 e. The van der Waals surface area contributed by atoms with Gasteiger partial charge in [0.05, 0.1) is 12.2 Å². The zero-order valence-electron chi connectivity index (χ0n) is 21.9. The summed E-state index contributed by atoms with van der Waals surface area (Å²) in [6.07, 6.45) is 10.3. The minimum absolute atomic E-state index is 0.0437. The number of hydrogen-bond donors (Lipinski definition) is 2. The third kappa shape index (κ3) is 4.94. The quantitative estimate of drug-likeness (QED) is 0.292. The lowest BCUT2D eigenvalue weighted by atomic mass is 9.43. The first-order valence-corrected chi connectivity index (χ1v) is 13.9. The summed E-state index contributed by atoms with van der Waals surface area (Å²) in [6.45, 7) is 10.5. The lowest BCUT2D eigenvalue weighted by molar-refractivity contribution is -0.175. The van der Waals surface area contributed by atoms with E-state index in [0.29, 0.717) is 41.9 Å². The topological polar surface area (TPSA) is 93.1 Å². The van der Waals surface area contributed by atoms with Gasteiger partial charge in [-0.2, -0.15) is 0 Å². The van der Waals surface area contributed by atoms with Crippen molar-refractivity contribution in [1.29, 1.82) is 0 Å². The highest BCUT2D eigenvalue weighted by Crippen LogP contribution is 2.68. The molecule has 0 aromatic heterocycles. The molecule has 6 nitrogen and oxygen atoms in total. The second-order valence-corrected chi connectivity index (χ2v) is 12.5. The van der Waals surface area contributed by atoms with Crippen LogP contribution in [0.2, 0.25) is 0 Å². The molecule has 0 unspecified atom stereocenters. The Hall–Kier alpha value is -1.40. The maximum atomic E-state index is 12.2. The van der Waals surface area contributed by atoms with Gasteiger partial charge in [0, 0.05) is 12.5 Å². The molecule has 0 aliphatic heterocycles. The Morgan fingerprint density at radius 2 is 1.77 bits per heavy atom. The number of ether oxygens (including phenoxy) is 2. The third-order valence-corrected chi connectivity index (χ3v) is 11.1. The molecule has 0 aromatic rings. The van der Waals surface area contributed by atoms with Crippen molar-refractivity contribution in [2.75, 3.05) is 13.2 Å². The summed E-state index contributed by atoms with van der Waals surface area (Å²) >= 11 is 0. The monoisotopic (exact) mass is 490 g/mol. The Balaban J connectivity index is 1.35. The van der Waals surface area contributed by atoms with Crippen LogP contribution >= 0.6 is 0 Å². The number of esters is 2. The smallest absolute Gasteiger partial charge is 0.330 e. The van der Waals surface area contributed by atoms with Crippen molar-refractivity contribution < 1.29 is 29.3 Å². The minimum Gasteiger partial charge on any atom is -0.462 e. The molecule has 35 heavy (non-hydrogen) atoms. The molecule has 0 amide bonds. The van der Waals surface area contributed by atoms with E-state index in [1.54, 1.807) is 0 Å². The van der Waals surface area contributed by atoms with Gasteiger partial charge in [-0.3, -0.25) is 4.79 Å². The molecule has 0 saturated heterocycles. The second kappa shape index (κ2) is 10.5. The lowest BCUT2D eigenvalue weighted by Gasteiger charge is -2.62. The lowest BCUT2D eigenvalue weighted by Crippen LogP contribution is -2.58. The molecule has 0 radical (unpaired) electrons. The van der Waals surface area contributed by atoms with E-state index in [1.807, 2.05) is 0 Å². The number of rotatable bonds is 8. The Morgan fingerprint density at radius 3 is 2.51 bits per heavy atom. The van der Waals surface area contributed by atoms with Crippen LogP contribution in [0, 0.1) is 46.3 Å². The zero-order chi connectivity index (χ0) is 25.4. The molecule has 2 N–H and O–H groups in total. The molecule has 6 heteroatoms. The van der Waals surface area contributed by atoms with Crippen molar-refractivity contribution in [2.24, 2.45) is 46.3 Å². The summed E-state index contributed by atoms with van der Waals surface area (Å²) in [5, 5.41) is 21.9. The van der Waals surface area contributed by atoms with E-state index in [-0.39, 0.29) is 42.2 Å². The normalized spacial score (nSPS) is 43.3. The molecular formula is C29H46O6. The van der Waals surface area contributed by atoms with Gasteiger partial charge in [-0.25, -0.2) is 4.79 Å². The van der Waals surface area contributed by atoms with Gasteiger partial charge >= 0.3 is 11.9 Å². The number of carbonyl (C=O) groups excluding carboxylic acids is 2. The summed E-state index contributed by atoms with van der Waals surface area (Å²) in [7, 11) is 0. The van der Waals surface area contributed by atoms with Crippen molar-refractivity contribution in [3.63, 3.8) is 0 Å². The first kappa shape index (κ1) is 26.7. The standard InChI is InChI=1S/C29H46O6/c1-5-26(32)34-14-15-35-27(33)11-6-18(2)22-9-10-23-21-8-7-19-16-20(30)12-13-28(19,3)24(21)17-25(31)29(22,23)4/h5,18-25,30-31H,1,6-17H2,2-4H3/t18-,19-,20-,21+,22-,23+,24+,25+,28+,29-/m1/s1. The summed E-state index contributed by atoms with van der Waals surface area (Å²) in [4.78, 5) is 23.3. The Kier molecular flexibility index (Phi) is 8.02. The van der Waals surface area contributed by atoms with E-state index in [1.165, 1.54) is 19.3 Å². The summed E-state index contributed by atoms with van der Waals surface area (Å²) < 4.78 is 10.1. The molecular weight excluding hydrogens is 444 g/mol. The zero-order valence-corrected chi connectivity index (χ0v) is 21.9. The van der Waals surface area contributed by atoms with E-state index in [4.69, 9.17) is 9.47 Å². The fourth-order valence-corrected chi connectivity index (χ4v) is 9.14. The first-order chi connectivity index (χ1) is 16.6. The molecule has 4 aliphatic rings. The molecule has 10 atom stereocenters. The predicted molar refractivity (Wildman–Crippen MR) is 133 cm³/mol. The van der Waals surface area contributed by atoms with Crippen LogP contribution in [-0.4, -0.2) is 47.6 Å². The van der Waals surface area contributed by atoms with Gasteiger partial charge in [0.15, 0.2) is 0 Å². The van der Waals surface area contributed by atoms with Crippen LogP contribution in [0.15, 0.2) is 12.7 Å². The molecule has 0 aromatic carbocycles. The molecule has 0 spiro atoms. The van der Waals surface area contributed by atoms with Gasteiger partial charge in [-0.1, -0.05) is 27.4 Å². The van der Waals surface area contributed by atoms with Gasteiger partial charge in [0.1, 0.15) is 13.2 Å². The Labute approximate surface area is 210 Å². The van der Waals surface area contributed by atoms with Crippen molar-refractivity contribution in [3.05, 3.63) is 12.7 Å². The van der Waals surface area contributed by atoms with Crippen molar-refractivity contribution >= 4 is 11.9 Å². The third-order valence-electron chi connectivity index (χ3n) is 11.1. The predicted octanol–water partition coefficient (Wildman–Crippen LogP) is 4.67. The highest BCUT2D eigenvalue weighted by molar-refractivity contribution is 5.81. The average molecular weight is 491 g/mol. The first-order valence-electron chi connectivity index (χ1n) is 13.9.